The van der Waals surface area contributed by atoms with Gasteiger partial charge in [-0.05, 0) is 18.6 Å². The Labute approximate surface area is 177 Å². The van der Waals surface area contributed by atoms with Gasteiger partial charge in [0.2, 0.25) is 0 Å². The third kappa shape index (κ3) is 3.10. The van der Waals surface area contributed by atoms with Gasteiger partial charge in [-0.3, -0.25) is 4.79 Å². The van der Waals surface area contributed by atoms with Crippen molar-refractivity contribution in [1.82, 2.24) is 29.5 Å². The van der Waals surface area contributed by atoms with Crippen molar-refractivity contribution in [2.24, 2.45) is 0 Å². The molecular formula is C21H22FN7O2. The van der Waals surface area contributed by atoms with Crippen molar-refractivity contribution in [1.29, 1.82) is 0 Å². The first kappa shape index (κ1) is 19.4. The molecule has 0 aliphatic carbocycles. The standard InChI is InChI=1S/C21H22FN7O2/c1-23-18-8-16(27-20-14(21(30)24-2)10-26-29(18)20)13-9-25-19-12(13)4-3-6-28(19)17-5-7-31-11-15(17)22/h3-4,6,8-10,15,17,23H,5,7,11H2,1-2H3,(H,24,30). The molecule has 0 bridgehead atoms. The van der Waals surface area contributed by atoms with Crippen LogP contribution in [0.15, 0.2) is 36.8 Å². The predicted octanol–water partition coefficient (Wildman–Crippen LogP) is 2.40. The lowest BCUT2D eigenvalue weighted by molar-refractivity contribution is 0.00346. The maximum absolute atomic E-state index is 14.5. The molecule has 0 spiro atoms. The van der Waals surface area contributed by atoms with Crippen LogP contribution in [0.3, 0.4) is 0 Å². The monoisotopic (exact) mass is 423 g/mol. The summed E-state index contributed by atoms with van der Waals surface area (Å²) >= 11 is 0. The number of carbonyl (C=O) groups excluding carboxylic acids is 1. The van der Waals surface area contributed by atoms with E-state index < -0.39 is 6.17 Å². The van der Waals surface area contributed by atoms with Crippen LogP contribution in [0.4, 0.5) is 10.2 Å². The van der Waals surface area contributed by atoms with Crippen LogP contribution in [-0.2, 0) is 4.74 Å². The molecule has 2 aromatic rings. The molecule has 31 heavy (non-hydrogen) atoms. The molecule has 0 radical (unpaired) electrons. The minimum atomic E-state index is -1.09. The summed E-state index contributed by atoms with van der Waals surface area (Å²) < 4.78 is 23.3. The molecule has 2 atom stereocenters. The summed E-state index contributed by atoms with van der Waals surface area (Å²) in [4.78, 5) is 21.6. The number of hydrogen-bond acceptors (Lipinski definition) is 6. The molecule has 0 saturated carbocycles. The lowest BCUT2D eigenvalue weighted by Gasteiger charge is -2.29. The summed E-state index contributed by atoms with van der Waals surface area (Å²) in [6.07, 6.45) is 4.59. The van der Waals surface area contributed by atoms with E-state index in [1.165, 1.54) is 6.20 Å². The van der Waals surface area contributed by atoms with Crippen molar-refractivity contribution in [3.63, 3.8) is 0 Å². The number of carbonyl (C=O) groups is 1. The van der Waals surface area contributed by atoms with Crippen LogP contribution >= 0.6 is 0 Å². The fourth-order valence-electron chi connectivity index (χ4n) is 4.11. The molecule has 3 aliphatic heterocycles. The lowest BCUT2D eigenvalue weighted by atomic mass is 10.0. The highest BCUT2D eigenvalue weighted by molar-refractivity contribution is 6.00. The SMILES string of the molecule is CNC(=O)c1cnn2c(NC)cc(-c3cnc4n(C5CCOCC5F)cccc3-4)nc12. The Balaban J connectivity index is 1.63. The highest BCUT2D eigenvalue weighted by atomic mass is 19.1. The van der Waals surface area contributed by atoms with Crippen LogP contribution in [0.2, 0.25) is 0 Å². The molecule has 2 unspecified atom stereocenters. The van der Waals surface area contributed by atoms with Crippen molar-refractivity contribution in [2.45, 2.75) is 18.6 Å². The maximum atomic E-state index is 14.5. The second-order valence-corrected chi connectivity index (χ2v) is 7.42. The first-order valence-electron chi connectivity index (χ1n) is 10.1. The van der Waals surface area contributed by atoms with Crippen molar-refractivity contribution >= 4 is 17.4 Å². The van der Waals surface area contributed by atoms with Crippen LogP contribution in [0.5, 0.6) is 0 Å². The normalized spacial score (nSPS) is 19.1. The fourth-order valence-corrected chi connectivity index (χ4v) is 4.11. The van der Waals surface area contributed by atoms with E-state index in [0.717, 1.165) is 11.1 Å². The second kappa shape index (κ2) is 7.62. The van der Waals surface area contributed by atoms with Gasteiger partial charge in [-0.15, -0.1) is 0 Å². The van der Waals surface area contributed by atoms with Crippen LogP contribution < -0.4 is 10.6 Å². The smallest absolute Gasteiger partial charge is 0.256 e. The third-order valence-electron chi connectivity index (χ3n) is 5.69. The number of aromatic nitrogens is 5. The molecule has 160 valence electrons. The quantitative estimate of drug-likeness (QED) is 0.523. The topological polar surface area (TPSA) is 98.4 Å². The van der Waals surface area contributed by atoms with E-state index in [1.54, 1.807) is 24.8 Å². The number of pyridine rings is 1. The van der Waals surface area contributed by atoms with Gasteiger partial charge in [0.1, 0.15) is 23.4 Å². The van der Waals surface area contributed by atoms with E-state index in [9.17, 15) is 9.18 Å². The zero-order chi connectivity index (χ0) is 21.5. The van der Waals surface area contributed by atoms with Gasteiger partial charge in [-0.1, -0.05) is 0 Å². The van der Waals surface area contributed by atoms with E-state index in [4.69, 9.17) is 9.72 Å². The minimum absolute atomic E-state index is 0.0921. The lowest BCUT2D eigenvalue weighted by Crippen LogP contribution is -2.32. The Morgan fingerprint density at radius 3 is 2.94 bits per heavy atom. The predicted molar refractivity (Wildman–Crippen MR) is 113 cm³/mol. The van der Waals surface area contributed by atoms with Gasteiger partial charge in [-0.25, -0.2) is 14.4 Å². The Morgan fingerprint density at radius 1 is 1.29 bits per heavy atom. The molecule has 10 heteroatoms. The van der Waals surface area contributed by atoms with Gasteiger partial charge in [0, 0.05) is 50.3 Å². The van der Waals surface area contributed by atoms with Crippen molar-refractivity contribution < 1.29 is 13.9 Å². The molecule has 3 aliphatic rings. The first-order valence-corrected chi connectivity index (χ1v) is 10.1. The van der Waals surface area contributed by atoms with Crippen molar-refractivity contribution in [3.05, 3.63) is 42.4 Å². The highest BCUT2D eigenvalue weighted by Gasteiger charge is 2.30. The van der Waals surface area contributed by atoms with Gasteiger partial charge in [-0.2, -0.15) is 9.61 Å². The number of hydrogen-bond donors (Lipinski definition) is 2. The van der Waals surface area contributed by atoms with Gasteiger partial charge in [0.15, 0.2) is 5.65 Å². The van der Waals surface area contributed by atoms with Crippen molar-refractivity contribution in [2.75, 3.05) is 32.6 Å². The molecule has 5 heterocycles. The average molecular weight is 423 g/mol. The number of alkyl halides is 1. The summed E-state index contributed by atoms with van der Waals surface area (Å²) in [6.45, 7) is 0.615. The van der Waals surface area contributed by atoms with E-state index in [2.05, 4.69) is 20.7 Å². The Kier molecular flexibility index (Phi) is 4.78. The van der Waals surface area contributed by atoms with Crippen LogP contribution in [-0.4, -0.2) is 63.5 Å². The van der Waals surface area contributed by atoms with Gasteiger partial charge in [0.25, 0.3) is 5.91 Å². The van der Waals surface area contributed by atoms with Gasteiger partial charge < -0.3 is 19.9 Å². The fraction of sp³-hybridized carbons (Fsp3) is 0.333. The highest BCUT2D eigenvalue weighted by Crippen LogP contribution is 2.37. The summed E-state index contributed by atoms with van der Waals surface area (Å²) in [5, 5.41) is 10.00. The second-order valence-electron chi connectivity index (χ2n) is 7.42. The molecule has 0 aromatic carbocycles. The van der Waals surface area contributed by atoms with Crippen LogP contribution in [0, 0.1) is 0 Å². The summed E-state index contributed by atoms with van der Waals surface area (Å²) in [5.74, 6) is 1.11. The number of fused-ring (bicyclic) bond motifs is 2. The summed E-state index contributed by atoms with van der Waals surface area (Å²) in [6, 6.07) is 5.37. The largest absolute Gasteiger partial charge is 0.378 e. The molecule has 5 rings (SSSR count). The minimum Gasteiger partial charge on any atom is -0.378 e. The molecular weight excluding hydrogens is 401 g/mol. The van der Waals surface area contributed by atoms with E-state index in [-0.39, 0.29) is 18.6 Å². The zero-order valence-electron chi connectivity index (χ0n) is 17.2. The number of anilines is 1. The molecule has 1 amide bonds. The maximum Gasteiger partial charge on any atom is 0.256 e. The first-order chi connectivity index (χ1) is 15.1. The molecule has 1 fully saturated rings. The summed E-state index contributed by atoms with van der Waals surface area (Å²) in [7, 11) is 3.35. The van der Waals surface area contributed by atoms with Crippen LogP contribution in [0.25, 0.3) is 28.3 Å². The van der Waals surface area contributed by atoms with E-state index in [0.29, 0.717) is 41.6 Å². The number of amides is 1. The molecule has 9 nitrogen and oxygen atoms in total. The Morgan fingerprint density at radius 2 is 2.16 bits per heavy atom. The molecule has 1 saturated heterocycles. The third-order valence-corrected chi connectivity index (χ3v) is 5.69. The Bertz CT molecular complexity index is 1230. The number of ether oxygens (including phenoxy) is 1. The number of halogens is 1. The number of nitrogens with one attached hydrogen (secondary N) is 2. The van der Waals surface area contributed by atoms with Crippen LogP contribution in [0.1, 0.15) is 22.8 Å². The van der Waals surface area contributed by atoms with Gasteiger partial charge >= 0.3 is 0 Å². The number of rotatable bonds is 4. The van der Waals surface area contributed by atoms with E-state index in [1.807, 2.05) is 29.0 Å². The zero-order valence-corrected chi connectivity index (χ0v) is 17.2. The van der Waals surface area contributed by atoms with Crippen molar-refractivity contribution in [3.8, 4) is 22.6 Å². The van der Waals surface area contributed by atoms with E-state index >= 15 is 0 Å². The molecule has 2 aromatic heterocycles. The average Bonchev–Trinajstić information content (AvgIpc) is 3.42. The van der Waals surface area contributed by atoms with Gasteiger partial charge in [0.05, 0.1) is 24.5 Å². The molecule has 2 N–H and O–H groups in total. The number of nitrogens with zero attached hydrogens (tertiary/aromatic N) is 5. The Hall–Kier alpha value is -3.53. The summed E-state index contributed by atoms with van der Waals surface area (Å²) in [5.41, 5.74) is 3.12.